The Morgan fingerprint density at radius 2 is 2.00 bits per heavy atom. The standard InChI is InChI=1S/C17H32N4O2S/c1-5-18-17(19-9-6-7-11-23-13-12-22-4)20-10-8-16-21-14(2)15(3)24-16/h5-13H2,1-4H3,(H2,18,19,20). The van der Waals surface area contributed by atoms with E-state index >= 15 is 0 Å². The number of hydrogen-bond donors (Lipinski definition) is 2. The van der Waals surface area contributed by atoms with E-state index in [1.807, 2.05) is 0 Å². The number of nitrogens with one attached hydrogen (secondary N) is 2. The Bertz CT molecular complexity index is 458. The first-order valence-corrected chi connectivity index (χ1v) is 9.50. The van der Waals surface area contributed by atoms with Crippen molar-refractivity contribution in [1.82, 2.24) is 15.6 Å². The molecule has 0 saturated carbocycles. The number of nitrogens with zero attached hydrogens (tertiary/aromatic N) is 2. The van der Waals surface area contributed by atoms with Crippen molar-refractivity contribution >= 4 is 17.3 Å². The van der Waals surface area contributed by atoms with E-state index in [0.29, 0.717) is 13.2 Å². The SMILES string of the molecule is CCNC(=NCCCCOCCOC)NCCc1nc(C)c(C)s1. The summed E-state index contributed by atoms with van der Waals surface area (Å²) in [5.74, 6) is 0.878. The molecule has 138 valence electrons. The molecule has 1 aromatic rings. The highest BCUT2D eigenvalue weighted by molar-refractivity contribution is 7.11. The van der Waals surface area contributed by atoms with Crippen molar-refractivity contribution in [3.63, 3.8) is 0 Å². The number of thiazole rings is 1. The van der Waals surface area contributed by atoms with Crippen LogP contribution in [0.2, 0.25) is 0 Å². The zero-order valence-electron chi connectivity index (χ0n) is 15.5. The lowest BCUT2D eigenvalue weighted by atomic mass is 10.3. The van der Waals surface area contributed by atoms with Crippen LogP contribution in [0.3, 0.4) is 0 Å². The Morgan fingerprint density at radius 1 is 1.17 bits per heavy atom. The maximum atomic E-state index is 5.44. The molecule has 0 aliphatic rings. The molecule has 0 amide bonds. The zero-order chi connectivity index (χ0) is 17.6. The largest absolute Gasteiger partial charge is 0.382 e. The van der Waals surface area contributed by atoms with Gasteiger partial charge in [-0.05, 0) is 33.6 Å². The molecule has 0 unspecified atom stereocenters. The van der Waals surface area contributed by atoms with E-state index in [0.717, 1.165) is 57.2 Å². The van der Waals surface area contributed by atoms with Crippen LogP contribution in [-0.4, -0.2) is 57.5 Å². The molecule has 0 atom stereocenters. The Kier molecular flexibility index (Phi) is 11.4. The second kappa shape index (κ2) is 13.1. The van der Waals surface area contributed by atoms with Gasteiger partial charge in [0.2, 0.25) is 0 Å². The molecule has 1 aromatic heterocycles. The lowest BCUT2D eigenvalue weighted by Crippen LogP contribution is -2.38. The van der Waals surface area contributed by atoms with Crippen LogP contribution < -0.4 is 10.6 Å². The van der Waals surface area contributed by atoms with Gasteiger partial charge in [-0.2, -0.15) is 0 Å². The topological polar surface area (TPSA) is 67.8 Å². The molecule has 7 heteroatoms. The molecule has 0 aliphatic carbocycles. The van der Waals surface area contributed by atoms with Gasteiger partial charge in [-0.1, -0.05) is 0 Å². The summed E-state index contributed by atoms with van der Waals surface area (Å²) in [6, 6.07) is 0. The third kappa shape index (κ3) is 9.20. The van der Waals surface area contributed by atoms with Gasteiger partial charge < -0.3 is 20.1 Å². The first-order chi connectivity index (χ1) is 11.7. The van der Waals surface area contributed by atoms with Gasteiger partial charge in [0.1, 0.15) is 0 Å². The van der Waals surface area contributed by atoms with Gasteiger partial charge in [0, 0.05) is 44.6 Å². The maximum Gasteiger partial charge on any atom is 0.191 e. The first-order valence-electron chi connectivity index (χ1n) is 8.69. The summed E-state index contributed by atoms with van der Waals surface area (Å²) in [5, 5.41) is 7.83. The molecule has 6 nitrogen and oxygen atoms in total. The second-order valence-electron chi connectivity index (χ2n) is 5.50. The van der Waals surface area contributed by atoms with Crippen molar-refractivity contribution < 1.29 is 9.47 Å². The fourth-order valence-electron chi connectivity index (χ4n) is 2.03. The number of guanidine groups is 1. The Morgan fingerprint density at radius 3 is 2.67 bits per heavy atom. The molecule has 0 aromatic carbocycles. The maximum absolute atomic E-state index is 5.44. The minimum atomic E-state index is 0.658. The zero-order valence-corrected chi connectivity index (χ0v) is 16.3. The number of unbranched alkanes of at least 4 members (excludes halogenated alkanes) is 1. The molecule has 0 spiro atoms. The summed E-state index contributed by atoms with van der Waals surface area (Å²) in [6.07, 6.45) is 2.97. The smallest absolute Gasteiger partial charge is 0.191 e. The molecular weight excluding hydrogens is 324 g/mol. The third-order valence-corrected chi connectivity index (χ3v) is 4.58. The van der Waals surface area contributed by atoms with Crippen molar-refractivity contribution in [2.24, 2.45) is 4.99 Å². The molecule has 0 saturated heterocycles. The average molecular weight is 357 g/mol. The van der Waals surface area contributed by atoms with Crippen LogP contribution in [0.25, 0.3) is 0 Å². The molecule has 0 fully saturated rings. The summed E-state index contributed by atoms with van der Waals surface area (Å²) in [6.45, 7) is 10.9. The quantitative estimate of drug-likeness (QED) is 0.342. The number of aromatic nitrogens is 1. The van der Waals surface area contributed by atoms with Crippen molar-refractivity contribution in [2.75, 3.05) is 46.6 Å². The fourth-order valence-corrected chi connectivity index (χ4v) is 2.96. The monoisotopic (exact) mass is 356 g/mol. The van der Waals surface area contributed by atoms with E-state index in [9.17, 15) is 0 Å². The van der Waals surface area contributed by atoms with Crippen molar-refractivity contribution in [1.29, 1.82) is 0 Å². The molecule has 0 bridgehead atoms. The lowest BCUT2D eigenvalue weighted by Gasteiger charge is -2.10. The molecule has 1 heterocycles. The van der Waals surface area contributed by atoms with Crippen LogP contribution in [0.5, 0.6) is 0 Å². The van der Waals surface area contributed by atoms with E-state index < -0.39 is 0 Å². The molecule has 2 N–H and O–H groups in total. The average Bonchev–Trinajstić information content (AvgIpc) is 2.88. The number of rotatable bonds is 12. The van der Waals surface area contributed by atoms with Gasteiger partial charge in [0.25, 0.3) is 0 Å². The number of aliphatic imine (C=N–C) groups is 1. The van der Waals surface area contributed by atoms with Gasteiger partial charge in [-0.25, -0.2) is 4.98 Å². The Balaban J connectivity index is 2.19. The van der Waals surface area contributed by atoms with Crippen LogP contribution in [0.15, 0.2) is 4.99 Å². The van der Waals surface area contributed by atoms with Crippen molar-refractivity contribution in [3.05, 3.63) is 15.6 Å². The normalized spacial score (nSPS) is 11.8. The van der Waals surface area contributed by atoms with E-state index in [4.69, 9.17) is 9.47 Å². The van der Waals surface area contributed by atoms with E-state index in [1.54, 1.807) is 18.4 Å². The molecular formula is C17H32N4O2S. The van der Waals surface area contributed by atoms with Crippen LogP contribution in [0.1, 0.15) is 35.3 Å². The van der Waals surface area contributed by atoms with Gasteiger partial charge >= 0.3 is 0 Å². The van der Waals surface area contributed by atoms with Crippen molar-refractivity contribution in [3.8, 4) is 0 Å². The van der Waals surface area contributed by atoms with Gasteiger partial charge in [-0.3, -0.25) is 4.99 Å². The summed E-state index contributed by atoms with van der Waals surface area (Å²) < 4.78 is 10.4. The lowest BCUT2D eigenvalue weighted by molar-refractivity contribution is 0.0690. The summed E-state index contributed by atoms with van der Waals surface area (Å²) >= 11 is 1.78. The molecule has 24 heavy (non-hydrogen) atoms. The summed E-state index contributed by atoms with van der Waals surface area (Å²) in [5.41, 5.74) is 1.14. The fraction of sp³-hybridized carbons (Fsp3) is 0.765. The van der Waals surface area contributed by atoms with E-state index in [2.05, 4.69) is 41.4 Å². The Hall–Kier alpha value is -1.18. The van der Waals surface area contributed by atoms with Crippen LogP contribution in [-0.2, 0) is 15.9 Å². The highest BCUT2D eigenvalue weighted by Gasteiger charge is 2.04. The van der Waals surface area contributed by atoms with E-state index in [1.165, 1.54) is 9.88 Å². The number of methoxy groups -OCH3 is 1. The summed E-state index contributed by atoms with van der Waals surface area (Å²) in [4.78, 5) is 10.5. The Labute approximate surface area is 150 Å². The van der Waals surface area contributed by atoms with Gasteiger partial charge in [0.15, 0.2) is 5.96 Å². The van der Waals surface area contributed by atoms with Crippen LogP contribution in [0, 0.1) is 13.8 Å². The molecule has 1 rings (SSSR count). The minimum absolute atomic E-state index is 0.658. The summed E-state index contributed by atoms with van der Waals surface area (Å²) in [7, 11) is 1.68. The predicted molar refractivity (Wildman–Crippen MR) is 101 cm³/mol. The third-order valence-electron chi connectivity index (χ3n) is 3.45. The number of aryl methyl sites for hydroxylation is 2. The van der Waals surface area contributed by atoms with Gasteiger partial charge in [0.05, 0.1) is 23.9 Å². The predicted octanol–water partition coefficient (Wildman–Crippen LogP) is 2.30. The highest BCUT2D eigenvalue weighted by atomic mass is 32.1. The second-order valence-corrected chi connectivity index (χ2v) is 6.79. The van der Waals surface area contributed by atoms with Crippen molar-refractivity contribution in [2.45, 2.75) is 40.0 Å². The van der Waals surface area contributed by atoms with Crippen LogP contribution in [0.4, 0.5) is 0 Å². The number of ether oxygens (including phenoxy) is 2. The highest BCUT2D eigenvalue weighted by Crippen LogP contribution is 2.16. The number of hydrogen-bond acceptors (Lipinski definition) is 5. The first kappa shape index (κ1) is 20.9. The van der Waals surface area contributed by atoms with E-state index in [-0.39, 0.29) is 0 Å². The van der Waals surface area contributed by atoms with Gasteiger partial charge in [-0.15, -0.1) is 11.3 Å². The molecule has 0 aliphatic heterocycles. The minimum Gasteiger partial charge on any atom is -0.382 e. The van der Waals surface area contributed by atoms with Crippen LogP contribution >= 0.6 is 11.3 Å². The molecule has 0 radical (unpaired) electrons.